The van der Waals surface area contributed by atoms with E-state index in [-0.39, 0.29) is 18.1 Å². The third-order valence-corrected chi connectivity index (χ3v) is 6.78. The fourth-order valence-electron chi connectivity index (χ4n) is 3.76. The minimum atomic E-state index is -0.815. The second kappa shape index (κ2) is 10.6. The van der Waals surface area contributed by atoms with Gasteiger partial charge in [0.25, 0.3) is 11.5 Å². The Hall–Kier alpha value is -3.20. The van der Waals surface area contributed by atoms with E-state index in [1.54, 1.807) is 43.9 Å². The number of benzene rings is 1. The zero-order valence-corrected chi connectivity index (χ0v) is 21.4. The summed E-state index contributed by atoms with van der Waals surface area (Å²) in [6.07, 6.45) is 1.75. The number of anilines is 1. The highest BCUT2D eigenvalue weighted by molar-refractivity contribution is 7.16. The molecule has 3 aromatic heterocycles. The number of methoxy groups -OCH3 is 1. The molecule has 0 atom stereocenters. The Bertz CT molecular complexity index is 1370. The van der Waals surface area contributed by atoms with Crippen molar-refractivity contribution in [2.75, 3.05) is 19.0 Å². The third kappa shape index (κ3) is 5.73. The molecule has 1 N–H and O–H groups in total. The highest BCUT2D eigenvalue weighted by Crippen LogP contribution is 2.27. The first-order chi connectivity index (χ1) is 16.8. The fraction of sp³-hybridized carbons (Fsp3) is 0.269. The van der Waals surface area contributed by atoms with Crippen LogP contribution < -0.4 is 10.9 Å². The SMILES string of the molecule is COCC(C)(C)C(=O)n1nc(-c2cccn(Cc3ccccc3)c2=O)cc1NCc1ccc(Cl)s1. The first-order valence-corrected chi connectivity index (χ1v) is 12.3. The molecule has 4 aromatic rings. The van der Waals surface area contributed by atoms with E-state index in [2.05, 4.69) is 10.4 Å². The van der Waals surface area contributed by atoms with Crippen LogP contribution in [0.3, 0.4) is 0 Å². The van der Waals surface area contributed by atoms with Crippen molar-refractivity contribution in [1.29, 1.82) is 0 Å². The molecule has 0 fully saturated rings. The van der Waals surface area contributed by atoms with Gasteiger partial charge in [0.15, 0.2) is 0 Å². The van der Waals surface area contributed by atoms with E-state index in [9.17, 15) is 9.59 Å². The summed E-state index contributed by atoms with van der Waals surface area (Å²) in [4.78, 5) is 27.7. The monoisotopic (exact) mass is 510 g/mol. The molecule has 9 heteroatoms. The van der Waals surface area contributed by atoms with Crippen molar-refractivity contribution >= 4 is 34.7 Å². The second-order valence-corrected chi connectivity index (χ2v) is 10.6. The highest BCUT2D eigenvalue weighted by Gasteiger charge is 2.32. The molecule has 0 unspecified atom stereocenters. The number of aromatic nitrogens is 3. The van der Waals surface area contributed by atoms with Gasteiger partial charge in [0, 0.05) is 24.3 Å². The lowest BCUT2D eigenvalue weighted by Gasteiger charge is -2.22. The van der Waals surface area contributed by atoms with Crippen LogP contribution in [0.2, 0.25) is 4.34 Å². The molecular formula is C26H27ClN4O3S. The summed E-state index contributed by atoms with van der Waals surface area (Å²) in [6.45, 7) is 4.75. The van der Waals surface area contributed by atoms with E-state index in [1.165, 1.54) is 16.0 Å². The van der Waals surface area contributed by atoms with Crippen molar-refractivity contribution in [2.24, 2.45) is 5.41 Å². The molecule has 0 aliphatic carbocycles. The van der Waals surface area contributed by atoms with Crippen molar-refractivity contribution < 1.29 is 9.53 Å². The number of nitrogens with one attached hydrogen (secondary N) is 1. The first-order valence-electron chi connectivity index (χ1n) is 11.1. The number of thiophene rings is 1. The Morgan fingerprint density at radius 1 is 1.14 bits per heavy atom. The Labute approximate surface area is 212 Å². The number of hydrogen-bond donors (Lipinski definition) is 1. The number of carbonyl (C=O) groups is 1. The number of pyridine rings is 1. The van der Waals surface area contributed by atoms with Crippen LogP contribution in [0.1, 0.15) is 29.1 Å². The van der Waals surface area contributed by atoms with Gasteiger partial charge in [0.05, 0.1) is 35.0 Å². The summed E-state index contributed by atoms with van der Waals surface area (Å²) in [5.74, 6) is 0.259. The summed E-state index contributed by atoms with van der Waals surface area (Å²) in [5.41, 5.74) is 0.865. The van der Waals surface area contributed by atoms with Crippen LogP contribution in [-0.2, 0) is 17.8 Å². The molecule has 0 aliphatic heterocycles. The van der Waals surface area contributed by atoms with Crippen LogP contribution in [0.25, 0.3) is 11.3 Å². The van der Waals surface area contributed by atoms with Gasteiger partial charge in [-0.15, -0.1) is 11.3 Å². The normalized spacial score (nSPS) is 11.5. The molecule has 0 saturated heterocycles. The molecule has 3 heterocycles. The summed E-state index contributed by atoms with van der Waals surface area (Å²) in [5, 5.41) is 7.85. The van der Waals surface area contributed by atoms with Crippen LogP contribution in [0.4, 0.5) is 5.82 Å². The van der Waals surface area contributed by atoms with E-state index >= 15 is 0 Å². The Morgan fingerprint density at radius 3 is 2.60 bits per heavy atom. The Morgan fingerprint density at radius 2 is 1.91 bits per heavy atom. The van der Waals surface area contributed by atoms with Crippen molar-refractivity contribution in [3.63, 3.8) is 0 Å². The quantitative estimate of drug-likeness (QED) is 0.326. The smallest absolute Gasteiger partial charge is 0.260 e. The first kappa shape index (κ1) is 24.9. The van der Waals surface area contributed by atoms with Gasteiger partial charge in [-0.25, -0.2) is 0 Å². The molecule has 0 spiro atoms. The average molecular weight is 511 g/mol. The van der Waals surface area contributed by atoms with Crippen molar-refractivity contribution in [3.8, 4) is 11.3 Å². The second-order valence-electron chi connectivity index (χ2n) is 8.85. The van der Waals surface area contributed by atoms with E-state index < -0.39 is 5.41 Å². The lowest BCUT2D eigenvalue weighted by molar-refractivity contribution is 0.0529. The predicted molar refractivity (Wildman–Crippen MR) is 140 cm³/mol. The van der Waals surface area contributed by atoms with Gasteiger partial charge in [-0.2, -0.15) is 9.78 Å². The molecule has 0 bridgehead atoms. The van der Waals surface area contributed by atoms with Crippen molar-refractivity contribution in [1.82, 2.24) is 14.3 Å². The molecule has 182 valence electrons. The summed E-state index contributed by atoms with van der Waals surface area (Å²) in [7, 11) is 1.56. The maximum absolute atomic E-state index is 13.4. The van der Waals surface area contributed by atoms with Crippen LogP contribution in [0.15, 0.2) is 71.7 Å². The lowest BCUT2D eigenvalue weighted by atomic mass is 9.94. The predicted octanol–water partition coefficient (Wildman–Crippen LogP) is 5.40. The number of hydrogen-bond acceptors (Lipinski definition) is 6. The molecular weight excluding hydrogens is 484 g/mol. The molecule has 4 rings (SSSR count). The molecule has 0 aliphatic rings. The zero-order valence-electron chi connectivity index (χ0n) is 19.8. The summed E-state index contributed by atoms with van der Waals surface area (Å²) >= 11 is 7.52. The third-order valence-electron chi connectivity index (χ3n) is 5.55. The van der Waals surface area contributed by atoms with E-state index in [4.69, 9.17) is 16.3 Å². The van der Waals surface area contributed by atoms with Crippen LogP contribution >= 0.6 is 22.9 Å². The number of carbonyl (C=O) groups excluding carboxylic acids is 1. The van der Waals surface area contributed by atoms with E-state index in [1.807, 2.05) is 48.5 Å². The van der Waals surface area contributed by atoms with Gasteiger partial charge in [-0.05, 0) is 43.7 Å². The minimum Gasteiger partial charge on any atom is -0.384 e. The number of halogens is 1. The Kier molecular flexibility index (Phi) is 7.54. The van der Waals surface area contributed by atoms with Gasteiger partial charge in [-0.3, -0.25) is 9.59 Å². The van der Waals surface area contributed by atoms with Gasteiger partial charge in [0.1, 0.15) is 11.5 Å². The molecule has 0 amide bonds. The van der Waals surface area contributed by atoms with Crippen LogP contribution in [-0.4, -0.2) is 34.0 Å². The van der Waals surface area contributed by atoms with Crippen LogP contribution in [0, 0.1) is 5.41 Å². The summed E-state index contributed by atoms with van der Waals surface area (Å²) in [6, 6.07) is 18.8. The number of nitrogens with zero attached hydrogens (tertiary/aromatic N) is 3. The summed E-state index contributed by atoms with van der Waals surface area (Å²) < 4.78 is 8.92. The fourth-order valence-corrected chi connectivity index (χ4v) is 4.79. The molecule has 35 heavy (non-hydrogen) atoms. The van der Waals surface area contributed by atoms with Gasteiger partial charge in [0.2, 0.25) is 0 Å². The standard InChI is InChI=1S/C26H27ClN4O3S/c1-26(2,17-34-3)25(33)31-23(28-15-19-11-12-22(27)35-19)14-21(29-31)20-10-7-13-30(24(20)32)16-18-8-5-4-6-9-18/h4-14,28H,15-17H2,1-3H3. The highest BCUT2D eigenvalue weighted by atomic mass is 35.5. The minimum absolute atomic E-state index is 0.179. The topological polar surface area (TPSA) is 78.2 Å². The van der Waals surface area contributed by atoms with Gasteiger partial charge < -0.3 is 14.6 Å². The molecule has 0 saturated carbocycles. The van der Waals surface area contributed by atoms with Crippen molar-refractivity contribution in [3.05, 3.63) is 92.0 Å². The molecule has 1 aromatic carbocycles. The van der Waals surface area contributed by atoms with E-state index in [0.717, 1.165) is 10.4 Å². The average Bonchev–Trinajstić information content (AvgIpc) is 3.45. The number of ether oxygens (including phenoxy) is 1. The van der Waals surface area contributed by atoms with Gasteiger partial charge >= 0.3 is 0 Å². The maximum Gasteiger partial charge on any atom is 0.260 e. The largest absolute Gasteiger partial charge is 0.384 e. The van der Waals surface area contributed by atoms with Crippen LogP contribution in [0.5, 0.6) is 0 Å². The van der Waals surface area contributed by atoms with E-state index in [0.29, 0.717) is 34.5 Å². The van der Waals surface area contributed by atoms with Gasteiger partial charge in [-0.1, -0.05) is 41.9 Å². The number of rotatable bonds is 9. The molecule has 7 nitrogen and oxygen atoms in total. The lowest BCUT2D eigenvalue weighted by Crippen LogP contribution is -2.35. The Balaban J connectivity index is 1.71. The maximum atomic E-state index is 13.4. The zero-order chi connectivity index (χ0) is 25.0. The molecule has 0 radical (unpaired) electrons. The van der Waals surface area contributed by atoms with Crippen molar-refractivity contribution in [2.45, 2.75) is 26.9 Å².